The van der Waals surface area contributed by atoms with E-state index < -0.39 is 19.8 Å². The monoisotopic (exact) mass is 420 g/mol. The summed E-state index contributed by atoms with van der Waals surface area (Å²) in [5.74, 6) is 0. The molecule has 9 nitrogen and oxygen atoms in total. The van der Waals surface area contributed by atoms with Gasteiger partial charge in [-0.2, -0.15) is 5.10 Å². The minimum Gasteiger partial charge on any atom is -0.280 e. The predicted octanol–water partition coefficient (Wildman–Crippen LogP) is 2.81. The minimum atomic E-state index is -4.14. The van der Waals surface area contributed by atoms with Gasteiger partial charge in [0.1, 0.15) is 4.90 Å². The van der Waals surface area contributed by atoms with Crippen LogP contribution >= 0.6 is 11.6 Å². The van der Waals surface area contributed by atoms with E-state index in [0.717, 1.165) is 18.2 Å². The SMILES string of the molecule is Cn1nc(-c2ccc(NS(=O)(=O)c3cc([N+](=O)[O-])ccc3Cl)cc2)ccc1=O. The molecule has 0 amide bonds. The second-order valence-electron chi connectivity index (χ2n) is 5.74. The van der Waals surface area contributed by atoms with Crippen LogP contribution in [0, 0.1) is 10.1 Å². The summed E-state index contributed by atoms with van der Waals surface area (Å²) in [7, 11) is -2.61. The van der Waals surface area contributed by atoms with Crippen molar-refractivity contribution in [2.45, 2.75) is 4.90 Å². The Morgan fingerprint density at radius 2 is 1.79 bits per heavy atom. The van der Waals surface area contributed by atoms with Crippen LogP contribution in [0.5, 0.6) is 0 Å². The molecule has 1 aromatic heterocycles. The van der Waals surface area contributed by atoms with Gasteiger partial charge in [0.25, 0.3) is 21.3 Å². The standard InChI is InChI=1S/C17H13ClN4O5S/c1-21-17(23)9-8-15(19-21)11-2-4-12(5-3-11)20-28(26,27)16-10-13(22(24)25)6-7-14(16)18/h2-10,20H,1H3. The van der Waals surface area contributed by atoms with Gasteiger partial charge in [-0.25, -0.2) is 13.1 Å². The molecule has 28 heavy (non-hydrogen) atoms. The highest BCUT2D eigenvalue weighted by atomic mass is 35.5. The highest BCUT2D eigenvalue weighted by Crippen LogP contribution is 2.28. The maximum Gasteiger partial charge on any atom is 0.270 e. The first kappa shape index (κ1) is 19.5. The molecule has 11 heteroatoms. The van der Waals surface area contributed by atoms with Crippen LogP contribution in [-0.4, -0.2) is 23.1 Å². The molecule has 1 heterocycles. The predicted molar refractivity (Wildman–Crippen MR) is 104 cm³/mol. The van der Waals surface area contributed by atoms with Crippen molar-refractivity contribution in [3.63, 3.8) is 0 Å². The third-order valence-corrected chi connectivity index (χ3v) is 5.67. The van der Waals surface area contributed by atoms with E-state index in [1.165, 1.54) is 29.9 Å². The number of aromatic nitrogens is 2. The molecule has 0 saturated carbocycles. The molecular weight excluding hydrogens is 408 g/mol. The van der Waals surface area contributed by atoms with E-state index in [2.05, 4.69) is 9.82 Å². The zero-order valence-electron chi connectivity index (χ0n) is 14.4. The fourth-order valence-electron chi connectivity index (χ4n) is 2.39. The summed E-state index contributed by atoms with van der Waals surface area (Å²) in [6.45, 7) is 0. The number of non-ortho nitro benzene ring substituents is 1. The Morgan fingerprint density at radius 3 is 2.39 bits per heavy atom. The Bertz CT molecular complexity index is 1220. The first-order chi connectivity index (χ1) is 13.2. The molecule has 1 N–H and O–H groups in total. The highest BCUT2D eigenvalue weighted by molar-refractivity contribution is 7.92. The third-order valence-electron chi connectivity index (χ3n) is 3.81. The number of nitrogens with zero attached hydrogens (tertiary/aromatic N) is 3. The molecule has 2 aromatic carbocycles. The Kier molecular flexibility index (Phi) is 5.16. The number of nitro benzene ring substituents is 1. The average Bonchev–Trinajstić information content (AvgIpc) is 2.64. The lowest BCUT2D eigenvalue weighted by atomic mass is 10.1. The molecule has 0 spiro atoms. The number of halogens is 1. The first-order valence-electron chi connectivity index (χ1n) is 7.79. The second kappa shape index (κ2) is 7.41. The van der Waals surface area contributed by atoms with Crippen molar-refractivity contribution in [3.05, 3.63) is 80.1 Å². The van der Waals surface area contributed by atoms with Crippen molar-refractivity contribution in [1.29, 1.82) is 0 Å². The van der Waals surface area contributed by atoms with Crippen molar-refractivity contribution < 1.29 is 13.3 Å². The van der Waals surface area contributed by atoms with Gasteiger partial charge in [0.05, 0.1) is 15.6 Å². The minimum absolute atomic E-state index is 0.135. The van der Waals surface area contributed by atoms with Gasteiger partial charge in [-0.3, -0.25) is 19.6 Å². The summed E-state index contributed by atoms with van der Waals surface area (Å²) in [4.78, 5) is 21.2. The van der Waals surface area contributed by atoms with Crippen molar-refractivity contribution in [2.24, 2.45) is 7.05 Å². The van der Waals surface area contributed by atoms with Crippen LogP contribution in [0.1, 0.15) is 0 Å². The number of sulfonamides is 1. The van der Waals surface area contributed by atoms with Gasteiger partial charge in [-0.1, -0.05) is 23.7 Å². The molecule has 0 aliphatic heterocycles. The van der Waals surface area contributed by atoms with Crippen LogP contribution in [0.2, 0.25) is 5.02 Å². The van der Waals surface area contributed by atoms with E-state index in [-0.39, 0.29) is 22.0 Å². The van der Waals surface area contributed by atoms with Gasteiger partial charge < -0.3 is 0 Å². The van der Waals surface area contributed by atoms with Crippen LogP contribution in [0.15, 0.2) is 64.3 Å². The summed E-state index contributed by atoms with van der Waals surface area (Å²) < 4.78 is 28.7. The van der Waals surface area contributed by atoms with Crippen molar-refractivity contribution in [3.8, 4) is 11.3 Å². The molecule has 0 atom stereocenters. The molecular formula is C17H13ClN4O5S. The maximum absolute atomic E-state index is 12.6. The summed E-state index contributed by atoms with van der Waals surface area (Å²) in [5, 5.41) is 14.9. The Hall–Kier alpha value is -3.24. The fraction of sp³-hybridized carbons (Fsp3) is 0.0588. The van der Waals surface area contributed by atoms with Gasteiger partial charge >= 0.3 is 0 Å². The molecule has 3 aromatic rings. The molecule has 3 rings (SSSR count). The summed E-state index contributed by atoms with van der Waals surface area (Å²) in [6.07, 6.45) is 0. The highest BCUT2D eigenvalue weighted by Gasteiger charge is 2.21. The lowest BCUT2D eigenvalue weighted by Crippen LogP contribution is -2.18. The molecule has 0 aliphatic rings. The third kappa shape index (κ3) is 4.02. The number of benzene rings is 2. The van der Waals surface area contributed by atoms with E-state index in [1.807, 2.05) is 0 Å². The van der Waals surface area contributed by atoms with Gasteiger partial charge in [0.2, 0.25) is 0 Å². The van der Waals surface area contributed by atoms with E-state index in [1.54, 1.807) is 18.2 Å². The van der Waals surface area contributed by atoms with Gasteiger partial charge in [-0.15, -0.1) is 0 Å². The van der Waals surface area contributed by atoms with Crippen LogP contribution < -0.4 is 10.3 Å². The average molecular weight is 421 g/mol. The van der Waals surface area contributed by atoms with Gasteiger partial charge in [0.15, 0.2) is 0 Å². The Labute approximate surface area is 164 Å². The quantitative estimate of drug-likeness (QED) is 0.500. The number of aryl methyl sites for hydroxylation is 1. The smallest absolute Gasteiger partial charge is 0.270 e. The number of nitrogens with one attached hydrogen (secondary N) is 1. The van der Waals surface area contributed by atoms with Crippen molar-refractivity contribution in [2.75, 3.05) is 4.72 Å². The maximum atomic E-state index is 12.6. The number of rotatable bonds is 5. The molecule has 0 saturated heterocycles. The number of nitro groups is 1. The normalized spacial score (nSPS) is 11.2. The second-order valence-corrected chi connectivity index (χ2v) is 7.79. The zero-order chi connectivity index (χ0) is 20.5. The summed E-state index contributed by atoms with van der Waals surface area (Å²) in [6, 6.07) is 12.4. The van der Waals surface area contributed by atoms with Crippen molar-refractivity contribution in [1.82, 2.24) is 9.78 Å². The topological polar surface area (TPSA) is 124 Å². The Morgan fingerprint density at radius 1 is 1.11 bits per heavy atom. The summed E-state index contributed by atoms with van der Waals surface area (Å²) >= 11 is 5.91. The molecule has 144 valence electrons. The van der Waals surface area contributed by atoms with E-state index >= 15 is 0 Å². The zero-order valence-corrected chi connectivity index (χ0v) is 15.9. The van der Waals surface area contributed by atoms with E-state index in [9.17, 15) is 23.3 Å². The van der Waals surface area contributed by atoms with Crippen molar-refractivity contribution >= 4 is 33.0 Å². The largest absolute Gasteiger partial charge is 0.280 e. The van der Waals surface area contributed by atoms with Crippen LogP contribution in [0.4, 0.5) is 11.4 Å². The lowest BCUT2D eigenvalue weighted by molar-refractivity contribution is -0.385. The molecule has 0 radical (unpaired) electrons. The van der Waals surface area contributed by atoms with Crippen LogP contribution in [0.3, 0.4) is 0 Å². The number of hydrogen-bond acceptors (Lipinski definition) is 6. The Balaban J connectivity index is 1.89. The lowest BCUT2D eigenvalue weighted by Gasteiger charge is -2.10. The van der Waals surface area contributed by atoms with E-state index in [0.29, 0.717) is 11.3 Å². The number of anilines is 1. The molecule has 0 aliphatic carbocycles. The number of hydrogen-bond donors (Lipinski definition) is 1. The summed E-state index contributed by atoms with van der Waals surface area (Å²) in [5.41, 5.74) is 0.809. The van der Waals surface area contributed by atoms with Crippen LogP contribution in [0.25, 0.3) is 11.3 Å². The first-order valence-corrected chi connectivity index (χ1v) is 9.65. The molecule has 0 fully saturated rings. The molecule has 0 unspecified atom stereocenters. The fourth-order valence-corrected chi connectivity index (χ4v) is 3.97. The van der Waals surface area contributed by atoms with E-state index in [4.69, 9.17) is 11.6 Å². The van der Waals surface area contributed by atoms with Gasteiger partial charge in [0, 0.05) is 36.5 Å². The molecule has 0 bridgehead atoms. The van der Waals surface area contributed by atoms with Gasteiger partial charge in [-0.05, 0) is 24.3 Å². The van der Waals surface area contributed by atoms with Crippen LogP contribution in [-0.2, 0) is 17.1 Å².